The van der Waals surface area contributed by atoms with Crippen LogP contribution in [0.25, 0.3) is 27.5 Å². The third-order valence-corrected chi connectivity index (χ3v) is 5.53. The molecule has 0 atom stereocenters. The molecule has 0 spiro atoms. The van der Waals surface area contributed by atoms with Gasteiger partial charge in [0.2, 0.25) is 0 Å². The summed E-state index contributed by atoms with van der Waals surface area (Å²) in [5.41, 5.74) is 7.64. The van der Waals surface area contributed by atoms with Crippen molar-refractivity contribution in [3.8, 4) is 5.69 Å². The summed E-state index contributed by atoms with van der Waals surface area (Å²) in [6.07, 6.45) is 1.73. The van der Waals surface area contributed by atoms with Gasteiger partial charge in [-0.25, -0.2) is 9.67 Å². The number of aryl methyl sites for hydroxylation is 1. The summed E-state index contributed by atoms with van der Waals surface area (Å²) >= 11 is 0. The van der Waals surface area contributed by atoms with Gasteiger partial charge < -0.3 is 0 Å². The molecule has 0 unspecified atom stereocenters. The number of hydrazine groups is 1. The van der Waals surface area contributed by atoms with Crippen molar-refractivity contribution in [2.75, 3.05) is 0 Å². The van der Waals surface area contributed by atoms with E-state index in [1.165, 1.54) is 4.68 Å². The summed E-state index contributed by atoms with van der Waals surface area (Å²) in [7, 11) is 0. The zero-order chi connectivity index (χ0) is 23.7. The fraction of sp³-hybridized carbons (Fsp3) is 0.0800. The van der Waals surface area contributed by atoms with Gasteiger partial charge in [0.15, 0.2) is 5.69 Å². The molecule has 2 amide bonds. The summed E-state index contributed by atoms with van der Waals surface area (Å²) in [4.78, 5) is 42.2. The van der Waals surface area contributed by atoms with Crippen LogP contribution >= 0.6 is 0 Å². The first-order valence-corrected chi connectivity index (χ1v) is 10.7. The third-order valence-electron chi connectivity index (χ3n) is 5.53. The Bertz CT molecular complexity index is 1600. The first-order valence-electron chi connectivity index (χ1n) is 10.7. The second-order valence-corrected chi connectivity index (χ2v) is 7.57. The lowest BCUT2D eigenvalue weighted by Gasteiger charge is -2.11. The van der Waals surface area contributed by atoms with Gasteiger partial charge in [0.25, 0.3) is 17.4 Å². The van der Waals surface area contributed by atoms with Gasteiger partial charge in [-0.2, -0.15) is 5.10 Å². The highest BCUT2D eigenvalue weighted by Gasteiger charge is 2.17. The molecule has 9 nitrogen and oxygen atoms in total. The number of carbonyl (C=O) groups is 2. The highest BCUT2D eigenvalue weighted by atomic mass is 16.2. The molecule has 0 radical (unpaired) electrons. The van der Waals surface area contributed by atoms with Crippen molar-refractivity contribution in [2.24, 2.45) is 0 Å². The number of hydrogen-bond acceptors (Lipinski definition) is 5. The quantitative estimate of drug-likeness (QED) is 0.408. The normalized spacial score (nSPS) is 11.0. The number of fused-ring (bicyclic) bond motifs is 2. The zero-order valence-corrected chi connectivity index (χ0v) is 18.2. The van der Waals surface area contributed by atoms with E-state index in [0.717, 1.165) is 16.7 Å². The Morgan fingerprint density at radius 1 is 0.853 bits per heavy atom. The molecule has 0 saturated carbocycles. The Kier molecular flexibility index (Phi) is 5.35. The van der Waals surface area contributed by atoms with E-state index in [0.29, 0.717) is 22.9 Å². The minimum Gasteiger partial charge on any atom is -0.299 e. The van der Waals surface area contributed by atoms with E-state index in [1.807, 2.05) is 28.8 Å². The summed E-state index contributed by atoms with van der Waals surface area (Å²) in [6, 6.07) is 21.4. The van der Waals surface area contributed by atoms with Crippen LogP contribution in [-0.2, 0) is 6.54 Å². The van der Waals surface area contributed by atoms with Crippen molar-refractivity contribution >= 4 is 33.6 Å². The van der Waals surface area contributed by atoms with Crippen molar-refractivity contribution in [1.82, 2.24) is 30.2 Å². The minimum absolute atomic E-state index is 0.0553. The van der Waals surface area contributed by atoms with Crippen molar-refractivity contribution in [3.05, 3.63) is 101 Å². The number of hydrogen-bond donors (Lipinski definition) is 2. The predicted molar refractivity (Wildman–Crippen MR) is 128 cm³/mol. The molecule has 2 aromatic heterocycles. The second-order valence-electron chi connectivity index (χ2n) is 7.57. The van der Waals surface area contributed by atoms with Crippen LogP contribution in [0.5, 0.6) is 0 Å². The number of para-hydroxylation sites is 2. The van der Waals surface area contributed by atoms with Gasteiger partial charge in [-0.15, -0.1) is 0 Å². The van der Waals surface area contributed by atoms with Gasteiger partial charge in [-0.05, 0) is 49.4 Å². The molecular weight excluding hydrogens is 432 g/mol. The number of imidazole rings is 1. The van der Waals surface area contributed by atoms with Gasteiger partial charge in [-0.3, -0.25) is 29.8 Å². The maximum atomic E-state index is 12.8. The van der Waals surface area contributed by atoms with Crippen molar-refractivity contribution in [3.63, 3.8) is 0 Å². The fourth-order valence-electron chi connectivity index (χ4n) is 3.80. The molecule has 34 heavy (non-hydrogen) atoms. The monoisotopic (exact) mass is 452 g/mol. The van der Waals surface area contributed by atoms with Gasteiger partial charge in [-0.1, -0.05) is 30.3 Å². The number of carbonyl (C=O) groups excluding carboxylic acids is 2. The summed E-state index contributed by atoms with van der Waals surface area (Å²) < 4.78 is 3.15. The number of aromatic nitrogens is 4. The molecule has 0 saturated heterocycles. The van der Waals surface area contributed by atoms with E-state index in [2.05, 4.69) is 20.9 Å². The average molecular weight is 452 g/mol. The van der Waals surface area contributed by atoms with E-state index >= 15 is 0 Å². The maximum Gasteiger partial charge on any atom is 0.290 e. The average Bonchev–Trinajstić information content (AvgIpc) is 3.32. The maximum absolute atomic E-state index is 12.8. The van der Waals surface area contributed by atoms with Crippen LogP contribution in [0.3, 0.4) is 0 Å². The van der Waals surface area contributed by atoms with E-state index in [4.69, 9.17) is 0 Å². The standard InChI is InChI=1S/C25H20N6O3/c1-2-31-25(34)19-8-4-3-7-18(19)22(29-31)24(33)28-27-23(32)16-11-13-17(14-12-16)30-15-26-20-9-5-6-10-21(20)30/h3-15H,2H2,1H3,(H,27,32)(H,28,33). The van der Waals surface area contributed by atoms with Crippen LogP contribution in [0.1, 0.15) is 27.8 Å². The summed E-state index contributed by atoms with van der Waals surface area (Å²) in [6.45, 7) is 2.08. The van der Waals surface area contributed by atoms with Crippen LogP contribution < -0.4 is 16.4 Å². The van der Waals surface area contributed by atoms with Crippen LogP contribution in [0.4, 0.5) is 0 Å². The van der Waals surface area contributed by atoms with E-state index in [-0.39, 0.29) is 11.3 Å². The molecule has 9 heteroatoms. The number of nitrogens with one attached hydrogen (secondary N) is 2. The molecule has 2 heterocycles. The fourth-order valence-corrected chi connectivity index (χ4v) is 3.80. The Hall–Kier alpha value is -4.79. The number of rotatable bonds is 4. The number of benzene rings is 3. The largest absolute Gasteiger partial charge is 0.299 e. The smallest absolute Gasteiger partial charge is 0.290 e. The topological polar surface area (TPSA) is 111 Å². The summed E-state index contributed by atoms with van der Waals surface area (Å²) in [5, 5.41) is 4.97. The van der Waals surface area contributed by atoms with Crippen molar-refractivity contribution < 1.29 is 9.59 Å². The van der Waals surface area contributed by atoms with Crippen LogP contribution in [0.2, 0.25) is 0 Å². The molecular formula is C25H20N6O3. The highest BCUT2D eigenvalue weighted by Crippen LogP contribution is 2.18. The third kappa shape index (κ3) is 3.69. The second kappa shape index (κ2) is 8.62. The molecule has 0 aliphatic heterocycles. The first kappa shape index (κ1) is 21.1. The molecule has 5 rings (SSSR count). The van der Waals surface area contributed by atoms with Crippen molar-refractivity contribution in [1.29, 1.82) is 0 Å². The van der Waals surface area contributed by atoms with E-state index in [9.17, 15) is 14.4 Å². The van der Waals surface area contributed by atoms with Gasteiger partial charge in [0, 0.05) is 23.2 Å². The lowest BCUT2D eigenvalue weighted by molar-refractivity contribution is 0.0843. The van der Waals surface area contributed by atoms with Gasteiger partial charge >= 0.3 is 0 Å². The molecule has 0 aliphatic carbocycles. The Morgan fingerprint density at radius 3 is 2.29 bits per heavy atom. The molecule has 5 aromatic rings. The van der Waals surface area contributed by atoms with Gasteiger partial charge in [0.1, 0.15) is 6.33 Å². The molecule has 3 aromatic carbocycles. The van der Waals surface area contributed by atoms with E-state index < -0.39 is 11.8 Å². The first-order chi connectivity index (χ1) is 16.6. The minimum atomic E-state index is -0.617. The SMILES string of the molecule is CCn1nc(C(=O)NNC(=O)c2ccc(-n3cnc4ccccc43)cc2)c2ccccc2c1=O. The molecule has 0 bridgehead atoms. The van der Waals surface area contributed by atoms with Crippen LogP contribution in [0, 0.1) is 0 Å². The Morgan fingerprint density at radius 2 is 1.53 bits per heavy atom. The Labute approximate surface area is 193 Å². The van der Waals surface area contributed by atoms with Crippen molar-refractivity contribution in [2.45, 2.75) is 13.5 Å². The van der Waals surface area contributed by atoms with Crippen LogP contribution in [-0.4, -0.2) is 31.1 Å². The Balaban J connectivity index is 1.33. The zero-order valence-electron chi connectivity index (χ0n) is 18.2. The lowest BCUT2D eigenvalue weighted by atomic mass is 10.1. The van der Waals surface area contributed by atoms with Gasteiger partial charge in [0.05, 0.1) is 16.4 Å². The number of amides is 2. The molecule has 0 fully saturated rings. The molecule has 2 N–H and O–H groups in total. The number of nitrogens with zero attached hydrogens (tertiary/aromatic N) is 4. The molecule has 0 aliphatic rings. The predicted octanol–water partition coefficient (Wildman–Crippen LogP) is 2.83. The lowest BCUT2D eigenvalue weighted by Crippen LogP contribution is -2.42. The van der Waals surface area contributed by atoms with E-state index in [1.54, 1.807) is 61.8 Å². The van der Waals surface area contributed by atoms with Crippen LogP contribution in [0.15, 0.2) is 83.9 Å². The summed E-state index contributed by atoms with van der Waals surface area (Å²) in [5.74, 6) is -1.10. The molecule has 168 valence electrons. The highest BCUT2D eigenvalue weighted by molar-refractivity contribution is 6.06.